The Morgan fingerprint density at radius 2 is 0.875 bits per heavy atom. The Labute approximate surface area is 289 Å². The van der Waals surface area contributed by atoms with Gasteiger partial charge in [0.05, 0.1) is 6.20 Å². The summed E-state index contributed by atoms with van der Waals surface area (Å²) < 4.78 is 0. The number of aromatic nitrogens is 4. The molecule has 0 saturated carbocycles. The first-order chi connectivity index (χ1) is 22.8. The lowest BCUT2D eigenvalue weighted by Gasteiger charge is -2.12. The molecular weight excluding hydrogens is 620 g/mol. The van der Waals surface area contributed by atoms with Crippen LogP contribution in [0.5, 0.6) is 0 Å². The van der Waals surface area contributed by atoms with Crippen molar-refractivity contribution >= 4 is 46.0 Å². The molecule has 0 radical (unpaired) electrons. The number of benzene rings is 4. The standard InChI is InChI=1S/2C18H18N4.C2H6O.ClH/c2*1-13-5-3-7-15(11-13)21-17-18(20-10-9-19-17)22-16-8-4-6-14(2)12-16;1-2-3;/h2*3-12H,1-2H3,(H,19,21)(H,20,22);3H,2H2,1H3;1H. The summed E-state index contributed by atoms with van der Waals surface area (Å²) in [6.07, 6.45) is 6.77. The van der Waals surface area contributed by atoms with Crippen LogP contribution in [0.15, 0.2) is 122 Å². The Morgan fingerprint density at radius 3 is 1.29 bits per heavy atom. The Hall–Kier alpha value is -5.35. The first-order valence-corrected chi connectivity index (χ1v) is 15.5. The van der Waals surface area contributed by atoms with Gasteiger partial charge in [-0.05, 0) is 99.3 Å². The van der Waals surface area contributed by atoms with Crippen molar-refractivity contribution in [3.63, 3.8) is 0 Å². The molecule has 0 saturated heterocycles. The predicted molar refractivity (Wildman–Crippen MR) is 193 cm³/mol. The van der Waals surface area contributed by atoms with Gasteiger partial charge < -0.3 is 33.5 Å². The molecule has 0 aliphatic rings. The molecule has 0 aliphatic heterocycles. The zero-order valence-electron chi connectivity index (χ0n) is 27.9. The number of hydrogen-bond acceptors (Lipinski definition) is 8. The number of nitrogens with zero attached hydrogens (tertiary/aromatic N) is 4. The molecule has 6 rings (SSSR count). The van der Waals surface area contributed by atoms with Crippen molar-refractivity contribution in [3.8, 4) is 0 Å². The van der Waals surface area contributed by atoms with Gasteiger partial charge in [-0.15, -0.1) is 0 Å². The highest BCUT2D eigenvalue weighted by atomic mass is 35.5. The molecule has 2 heterocycles. The molecule has 2 aromatic heterocycles. The number of anilines is 6. The lowest BCUT2D eigenvalue weighted by Crippen LogP contribution is -3.00. The molecule has 0 spiro atoms. The highest BCUT2D eigenvalue weighted by molar-refractivity contribution is 5.72. The van der Waals surface area contributed by atoms with E-state index >= 15 is 0 Å². The van der Waals surface area contributed by atoms with E-state index in [-0.39, 0.29) is 19.0 Å². The Bertz CT molecular complexity index is 1600. The zero-order valence-corrected chi connectivity index (χ0v) is 28.7. The molecule has 4 aromatic carbocycles. The summed E-state index contributed by atoms with van der Waals surface area (Å²) in [4.78, 5) is 17.6. The molecule has 248 valence electrons. The third-order valence-corrected chi connectivity index (χ3v) is 6.61. The van der Waals surface area contributed by atoms with E-state index in [2.05, 4.69) is 118 Å². The minimum absolute atomic E-state index is 0. The monoisotopic (exact) mass is 662 g/mol. The molecule has 0 bridgehead atoms. The van der Waals surface area contributed by atoms with E-state index < -0.39 is 0 Å². The van der Waals surface area contributed by atoms with Crippen LogP contribution in [0.3, 0.4) is 0 Å². The molecular formula is C38H43ClN8O. The molecule has 0 fully saturated rings. The first kappa shape index (κ1) is 37.1. The van der Waals surface area contributed by atoms with Crippen LogP contribution in [0.25, 0.3) is 0 Å². The van der Waals surface area contributed by atoms with Crippen LogP contribution in [0.2, 0.25) is 0 Å². The van der Waals surface area contributed by atoms with Crippen LogP contribution in [0, 0.1) is 27.7 Å². The predicted octanol–water partition coefficient (Wildman–Crippen LogP) is 4.95. The van der Waals surface area contributed by atoms with Gasteiger partial charge in [0.1, 0.15) is 5.69 Å². The van der Waals surface area contributed by atoms with Gasteiger partial charge in [0.25, 0.3) is 5.82 Å². The molecule has 0 unspecified atom stereocenters. The van der Waals surface area contributed by atoms with Crippen molar-refractivity contribution in [2.24, 2.45) is 0 Å². The second-order valence-electron chi connectivity index (χ2n) is 10.9. The summed E-state index contributed by atoms with van der Waals surface area (Å²) in [7, 11) is 0. The fourth-order valence-electron chi connectivity index (χ4n) is 4.57. The maximum atomic E-state index is 7.57. The van der Waals surface area contributed by atoms with E-state index in [1.807, 2.05) is 47.8 Å². The van der Waals surface area contributed by atoms with Crippen LogP contribution in [-0.2, 0) is 0 Å². The fraction of sp³-hybridized carbons (Fsp3) is 0.158. The number of aliphatic hydroxyl groups is 1. The number of aliphatic hydroxyl groups excluding tert-OH is 1. The third kappa shape index (κ3) is 12.1. The van der Waals surface area contributed by atoms with Crippen LogP contribution in [0.1, 0.15) is 29.2 Å². The van der Waals surface area contributed by atoms with Crippen molar-refractivity contribution in [2.75, 3.05) is 22.6 Å². The van der Waals surface area contributed by atoms with E-state index in [9.17, 15) is 0 Å². The molecule has 10 heteroatoms. The Kier molecular flexibility index (Phi) is 15.0. The fourth-order valence-corrected chi connectivity index (χ4v) is 4.57. The van der Waals surface area contributed by atoms with Gasteiger partial charge in [-0.25, -0.2) is 15.0 Å². The normalized spacial score (nSPS) is 9.88. The molecule has 0 aliphatic carbocycles. The second-order valence-corrected chi connectivity index (χ2v) is 10.9. The lowest BCUT2D eigenvalue weighted by atomic mass is 10.2. The minimum atomic E-state index is 0. The van der Waals surface area contributed by atoms with Crippen LogP contribution < -0.4 is 33.7 Å². The van der Waals surface area contributed by atoms with Crippen molar-refractivity contribution in [2.45, 2.75) is 34.6 Å². The molecule has 0 atom stereocenters. The smallest absolute Gasteiger partial charge is 0.273 e. The molecule has 48 heavy (non-hydrogen) atoms. The molecule has 6 N–H and O–H groups in total. The van der Waals surface area contributed by atoms with E-state index in [0.717, 1.165) is 34.4 Å². The topological polar surface area (TPSA) is 124 Å². The van der Waals surface area contributed by atoms with Gasteiger partial charge in [0.2, 0.25) is 5.82 Å². The SMILES string of the molecule is CCO.Cc1cccc(Nc2nccnc2Nc2cccc(C)c2)c1.Cc1cccc(Nc2nccnc2[NH2+]c2cccc(C)c2)c1.[Cl-]. The Balaban J connectivity index is 0.000000236. The summed E-state index contributed by atoms with van der Waals surface area (Å²) in [5.41, 5.74) is 8.95. The van der Waals surface area contributed by atoms with Gasteiger partial charge in [0.15, 0.2) is 11.6 Å². The Morgan fingerprint density at radius 1 is 0.521 bits per heavy atom. The quantitative estimate of drug-likeness (QED) is 0.145. The van der Waals surface area contributed by atoms with Crippen LogP contribution in [-0.4, -0.2) is 31.6 Å². The van der Waals surface area contributed by atoms with Gasteiger partial charge in [-0.2, -0.15) is 4.98 Å². The van der Waals surface area contributed by atoms with Crippen LogP contribution in [0.4, 0.5) is 46.0 Å². The van der Waals surface area contributed by atoms with Crippen molar-refractivity contribution in [1.82, 2.24) is 19.9 Å². The number of nitrogens with two attached hydrogens (primary N) is 1. The van der Waals surface area contributed by atoms with E-state index in [1.165, 1.54) is 22.3 Å². The largest absolute Gasteiger partial charge is 1.00 e. The number of hydrogen-bond donors (Lipinski definition) is 5. The number of nitrogens with one attached hydrogen (secondary N) is 3. The number of halogens is 1. The maximum absolute atomic E-state index is 7.57. The number of quaternary nitrogens is 1. The molecule has 9 nitrogen and oxygen atoms in total. The summed E-state index contributed by atoms with van der Waals surface area (Å²) >= 11 is 0. The van der Waals surface area contributed by atoms with Gasteiger partial charge in [-0.1, -0.05) is 48.5 Å². The highest BCUT2D eigenvalue weighted by Gasteiger charge is 2.11. The molecule has 6 aromatic rings. The lowest BCUT2D eigenvalue weighted by molar-refractivity contribution is -0.482. The van der Waals surface area contributed by atoms with Crippen molar-refractivity contribution < 1.29 is 22.8 Å². The number of rotatable bonds is 8. The van der Waals surface area contributed by atoms with Crippen molar-refractivity contribution in [1.29, 1.82) is 0 Å². The van der Waals surface area contributed by atoms with E-state index in [4.69, 9.17) is 5.11 Å². The summed E-state index contributed by atoms with van der Waals surface area (Å²) in [6.45, 7) is 10.2. The first-order valence-electron chi connectivity index (χ1n) is 15.5. The minimum Gasteiger partial charge on any atom is -1.00 e. The van der Waals surface area contributed by atoms with Gasteiger partial charge >= 0.3 is 0 Å². The number of aryl methyl sites for hydroxylation is 4. The third-order valence-electron chi connectivity index (χ3n) is 6.61. The summed E-state index contributed by atoms with van der Waals surface area (Å²) in [5.74, 6) is 2.99. The van der Waals surface area contributed by atoms with Crippen molar-refractivity contribution in [3.05, 3.63) is 144 Å². The average molecular weight is 663 g/mol. The van der Waals surface area contributed by atoms with Crippen LogP contribution >= 0.6 is 0 Å². The van der Waals surface area contributed by atoms with E-state index in [0.29, 0.717) is 11.6 Å². The van der Waals surface area contributed by atoms with Gasteiger partial charge in [-0.3, -0.25) is 5.32 Å². The van der Waals surface area contributed by atoms with Gasteiger partial charge in [0, 0.05) is 48.3 Å². The summed E-state index contributed by atoms with van der Waals surface area (Å²) in [5, 5.41) is 19.6. The van der Waals surface area contributed by atoms with E-state index in [1.54, 1.807) is 31.7 Å². The second kappa shape index (κ2) is 19.3. The highest BCUT2D eigenvalue weighted by Crippen LogP contribution is 2.25. The zero-order chi connectivity index (χ0) is 33.4. The summed E-state index contributed by atoms with van der Waals surface area (Å²) in [6, 6.07) is 32.9. The maximum Gasteiger partial charge on any atom is 0.273 e. The molecule has 0 amide bonds. The average Bonchev–Trinajstić information content (AvgIpc) is 3.04.